The SMILES string of the molecule is C1=CCNCC1.O=C(O)C(=O)O. The molecule has 1 aliphatic heterocycles. The maximum Gasteiger partial charge on any atom is 0.414 e. The van der Waals surface area contributed by atoms with Crippen molar-refractivity contribution in [3.63, 3.8) is 0 Å². The van der Waals surface area contributed by atoms with Crippen molar-refractivity contribution in [2.45, 2.75) is 6.42 Å². The van der Waals surface area contributed by atoms with Crippen LogP contribution in [0.15, 0.2) is 12.2 Å². The van der Waals surface area contributed by atoms with Crippen molar-refractivity contribution in [3.05, 3.63) is 12.2 Å². The number of nitrogens with one attached hydrogen (secondary N) is 1. The lowest BCUT2D eigenvalue weighted by Gasteiger charge is -2.01. The van der Waals surface area contributed by atoms with Crippen LogP contribution in [0, 0.1) is 0 Å². The predicted octanol–water partition coefficient (Wildman–Crippen LogP) is -0.309. The minimum Gasteiger partial charge on any atom is -0.473 e. The fourth-order valence-corrected chi connectivity index (χ4v) is 0.572. The second-order valence-electron chi connectivity index (χ2n) is 2.07. The number of carbonyl (C=O) groups is 2. The molecule has 1 rings (SSSR count). The Hall–Kier alpha value is -1.36. The second kappa shape index (κ2) is 6.36. The number of hydrogen-bond acceptors (Lipinski definition) is 3. The van der Waals surface area contributed by atoms with Crippen LogP contribution in [0.3, 0.4) is 0 Å². The molecule has 1 heterocycles. The average Bonchev–Trinajstić information content (AvgIpc) is 2.08. The van der Waals surface area contributed by atoms with Gasteiger partial charge in [0.05, 0.1) is 0 Å². The smallest absolute Gasteiger partial charge is 0.414 e. The van der Waals surface area contributed by atoms with Gasteiger partial charge in [-0.05, 0) is 13.0 Å². The van der Waals surface area contributed by atoms with E-state index in [1.165, 1.54) is 6.42 Å². The van der Waals surface area contributed by atoms with E-state index in [0.29, 0.717) is 0 Å². The summed E-state index contributed by atoms with van der Waals surface area (Å²) in [4.78, 5) is 18.2. The van der Waals surface area contributed by atoms with E-state index in [0.717, 1.165) is 13.1 Å². The van der Waals surface area contributed by atoms with E-state index in [4.69, 9.17) is 19.8 Å². The first kappa shape index (κ1) is 10.6. The Labute approximate surface area is 69.7 Å². The molecule has 0 unspecified atom stereocenters. The Morgan fingerprint density at radius 3 is 1.83 bits per heavy atom. The molecule has 68 valence electrons. The van der Waals surface area contributed by atoms with Gasteiger partial charge in [0.1, 0.15) is 0 Å². The van der Waals surface area contributed by atoms with Crippen LogP contribution in [0.4, 0.5) is 0 Å². The first-order valence-corrected chi connectivity index (χ1v) is 3.46. The monoisotopic (exact) mass is 173 g/mol. The minimum atomic E-state index is -1.82. The summed E-state index contributed by atoms with van der Waals surface area (Å²) < 4.78 is 0. The number of carboxylic acids is 2. The van der Waals surface area contributed by atoms with Crippen molar-refractivity contribution in [1.29, 1.82) is 0 Å². The summed E-state index contributed by atoms with van der Waals surface area (Å²) in [5.74, 6) is -3.65. The molecule has 0 aromatic rings. The summed E-state index contributed by atoms with van der Waals surface area (Å²) >= 11 is 0. The molecule has 0 aromatic carbocycles. The van der Waals surface area contributed by atoms with Gasteiger partial charge in [-0.25, -0.2) is 9.59 Å². The van der Waals surface area contributed by atoms with E-state index < -0.39 is 11.9 Å². The summed E-state index contributed by atoms with van der Waals surface area (Å²) in [6, 6.07) is 0. The van der Waals surface area contributed by atoms with Crippen LogP contribution in [0.5, 0.6) is 0 Å². The van der Waals surface area contributed by atoms with Gasteiger partial charge in [-0.15, -0.1) is 0 Å². The fourth-order valence-electron chi connectivity index (χ4n) is 0.572. The Morgan fingerprint density at radius 2 is 1.75 bits per heavy atom. The molecule has 0 saturated carbocycles. The molecule has 0 aromatic heterocycles. The molecule has 0 radical (unpaired) electrons. The van der Waals surface area contributed by atoms with E-state index >= 15 is 0 Å². The van der Waals surface area contributed by atoms with Crippen molar-refractivity contribution in [1.82, 2.24) is 5.32 Å². The van der Waals surface area contributed by atoms with Crippen LogP contribution in [-0.2, 0) is 9.59 Å². The van der Waals surface area contributed by atoms with Gasteiger partial charge in [0.2, 0.25) is 0 Å². The largest absolute Gasteiger partial charge is 0.473 e. The Balaban J connectivity index is 0.000000202. The number of aliphatic carboxylic acids is 2. The molecule has 0 amide bonds. The fraction of sp³-hybridized carbons (Fsp3) is 0.429. The van der Waals surface area contributed by atoms with E-state index in [1.54, 1.807) is 0 Å². The van der Waals surface area contributed by atoms with Crippen LogP contribution in [0.1, 0.15) is 6.42 Å². The van der Waals surface area contributed by atoms with Gasteiger partial charge in [0, 0.05) is 6.54 Å². The highest BCUT2D eigenvalue weighted by Gasteiger charge is 2.04. The zero-order valence-corrected chi connectivity index (χ0v) is 6.49. The molecule has 0 bridgehead atoms. The summed E-state index contributed by atoms with van der Waals surface area (Å²) in [6.07, 6.45) is 5.57. The highest BCUT2D eigenvalue weighted by atomic mass is 16.4. The van der Waals surface area contributed by atoms with E-state index in [9.17, 15) is 0 Å². The zero-order valence-electron chi connectivity index (χ0n) is 6.49. The van der Waals surface area contributed by atoms with Crippen molar-refractivity contribution in [2.24, 2.45) is 0 Å². The van der Waals surface area contributed by atoms with Gasteiger partial charge in [0.15, 0.2) is 0 Å². The molecule has 12 heavy (non-hydrogen) atoms. The van der Waals surface area contributed by atoms with Gasteiger partial charge < -0.3 is 15.5 Å². The van der Waals surface area contributed by atoms with Gasteiger partial charge in [-0.3, -0.25) is 0 Å². The molecule has 0 saturated heterocycles. The maximum absolute atomic E-state index is 9.10. The molecule has 1 aliphatic rings. The molecular weight excluding hydrogens is 162 g/mol. The third-order valence-electron chi connectivity index (χ3n) is 1.10. The predicted molar refractivity (Wildman–Crippen MR) is 41.9 cm³/mol. The van der Waals surface area contributed by atoms with E-state index in [1.807, 2.05) is 0 Å². The molecule has 3 N–H and O–H groups in total. The van der Waals surface area contributed by atoms with Crippen molar-refractivity contribution in [2.75, 3.05) is 13.1 Å². The number of hydrogen-bond donors (Lipinski definition) is 3. The van der Waals surface area contributed by atoms with Gasteiger partial charge in [0.25, 0.3) is 0 Å². The summed E-state index contributed by atoms with van der Waals surface area (Å²) in [7, 11) is 0. The summed E-state index contributed by atoms with van der Waals surface area (Å²) in [5.41, 5.74) is 0. The second-order valence-corrected chi connectivity index (χ2v) is 2.07. The van der Waals surface area contributed by atoms with Crippen LogP contribution >= 0.6 is 0 Å². The zero-order chi connectivity index (χ0) is 9.40. The molecule has 5 heteroatoms. The normalized spacial score (nSPS) is 14.3. The third kappa shape index (κ3) is 6.76. The minimum absolute atomic E-state index is 1.07. The van der Waals surface area contributed by atoms with E-state index in [2.05, 4.69) is 17.5 Å². The quantitative estimate of drug-likeness (QED) is 0.345. The highest BCUT2D eigenvalue weighted by molar-refractivity contribution is 6.27. The maximum atomic E-state index is 9.10. The first-order valence-electron chi connectivity index (χ1n) is 3.46. The van der Waals surface area contributed by atoms with Gasteiger partial charge in [-0.1, -0.05) is 12.2 Å². The lowest BCUT2D eigenvalue weighted by molar-refractivity contribution is -0.159. The Morgan fingerprint density at radius 1 is 1.17 bits per heavy atom. The molecular formula is C7H11NO4. The molecule has 0 atom stereocenters. The van der Waals surface area contributed by atoms with E-state index in [-0.39, 0.29) is 0 Å². The van der Waals surface area contributed by atoms with Crippen LogP contribution in [-0.4, -0.2) is 35.2 Å². The number of rotatable bonds is 0. The molecule has 5 nitrogen and oxygen atoms in total. The van der Waals surface area contributed by atoms with Gasteiger partial charge in [-0.2, -0.15) is 0 Å². The summed E-state index contributed by atoms with van der Waals surface area (Å²) in [5, 5.41) is 18.0. The Kier molecular flexibility index (Phi) is 5.64. The highest BCUT2D eigenvalue weighted by Crippen LogP contribution is 1.84. The van der Waals surface area contributed by atoms with Crippen LogP contribution in [0.2, 0.25) is 0 Å². The van der Waals surface area contributed by atoms with Crippen molar-refractivity contribution < 1.29 is 19.8 Å². The third-order valence-corrected chi connectivity index (χ3v) is 1.10. The average molecular weight is 173 g/mol. The Bertz CT molecular complexity index is 168. The van der Waals surface area contributed by atoms with Crippen LogP contribution in [0.25, 0.3) is 0 Å². The van der Waals surface area contributed by atoms with Crippen LogP contribution < -0.4 is 5.32 Å². The topological polar surface area (TPSA) is 86.6 Å². The lowest BCUT2D eigenvalue weighted by Crippen LogP contribution is -2.17. The lowest BCUT2D eigenvalue weighted by atomic mass is 10.3. The van der Waals surface area contributed by atoms with Crippen molar-refractivity contribution in [3.8, 4) is 0 Å². The molecule has 0 spiro atoms. The summed E-state index contributed by atoms with van der Waals surface area (Å²) in [6.45, 7) is 2.23. The standard InChI is InChI=1S/C5H9N.C2H2O4/c1-2-4-6-5-3-1;3-1(4)2(5)6/h1-2,6H,3-5H2;(H,3,4)(H,5,6). The number of carboxylic acid groups (broad SMARTS) is 2. The molecule has 0 aliphatic carbocycles. The van der Waals surface area contributed by atoms with Gasteiger partial charge >= 0.3 is 11.9 Å². The van der Waals surface area contributed by atoms with Crippen molar-refractivity contribution >= 4 is 11.9 Å². The molecule has 0 fully saturated rings. The first-order chi connectivity index (χ1) is 5.64.